The molecular weight excluding hydrogens is 226 g/mol. The van der Waals surface area contributed by atoms with Gasteiger partial charge in [0.05, 0.1) is 13.7 Å². The molecule has 0 saturated heterocycles. The molecule has 1 fully saturated rings. The largest absolute Gasteiger partial charge is 0.496 e. The van der Waals surface area contributed by atoms with Crippen molar-refractivity contribution < 1.29 is 9.53 Å². The van der Waals surface area contributed by atoms with E-state index < -0.39 is 0 Å². The predicted octanol–water partition coefficient (Wildman–Crippen LogP) is 3.19. The van der Waals surface area contributed by atoms with Gasteiger partial charge in [0.15, 0.2) is 0 Å². The number of rotatable bonds is 5. The number of nitrogens with zero attached hydrogens (tertiary/aromatic N) is 1. The summed E-state index contributed by atoms with van der Waals surface area (Å²) in [5, 5.41) is 0. The van der Waals surface area contributed by atoms with E-state index in [1.807, 2.05) is 6.07 Å². The van der Waals surface area contributed by atoms with Crippen LogP contribution < -0.4 is 4.74 Å². The molecule has 0 heterocycles. The standard InChI is InChI=1S/C15H19NO2/c1-11(2)12-4-5-14(18-3)13(8-12)15(6-7-15)9-16-10-17/h4-5,8,11H,6-7,9H2,1-3H3. The molecule has 0 aliphatic heterocycles. The van der Waals surface area contributed by atoms with Crippen LogP contribution in [0.5, 0.6) is 5.75 Å². The Hall–Kier alpha value is -1.60. The van der Waals surface area contributed by atoms with Gasteiger partial charge in [0, 0.05) is 11.0 Å². The molecule has 3 nitrogen and oxygen atoms in total. The zero-order chi connectivity index (χ0) is 13.2. The third kappa shape index (κ3) is 2.32. The van der Waals surface area contributed by atoms with Gasteiger partial charge in [-0.25, -0.2) is 9.79 Å². The smallest absolute Gasteiger partial charge is 0.234 e. The predicted molar refractivity (Wildman–Crippen MR) is 71.0 cm³/mol. The van der Waals surface area contributed by atoms with Gasteiger partial charge >= 0.3 is 0 Å². The second-order valence-corrected chi connectivity index (χ2v) is 5.30. The van der Waals surface area contributed by atoms with Crippen molar-refractivity contribution in [2.75, 3.05) is 13.7 Å². The van der Waals surface area contributed by atoms with E-state index in [0.29, 0.717) is 12.5 Å². The number of methoxy groups -OCH3 is 1. The monoisotopic (exact) mass is 245 g/mol. The number of ether oxygens (including phenoxy) is 1. The maximum atomic E-state index is 10.3. The second-order valence-electron chi connectivity index (χ2n) is 5.30. The van der Waals surface area contributed by atoms with Crippen molar-refractivity contribution in [3.8, 4) is 5.75 Å². The Balaban J connectivity index is 2.41. The van der Waals surface area contributed by atoms with E-state index in [1.165, 1.54) is 11.1 Å². The second kappa shape index (κ2) is 4.95. The highest BCUT2D eigenvalue weighted by atomic mass is 16.5. The molecule has 18 heavy (non-hydrogen) atoms. The summed E-state index contributed by atoms with van der Waals surface area (Å²) in [7, 11) is 1.69. The van der Waals surface area contributed by atoms with E-state index in [9.17, 15) is 4.79 Å². The summed E-state index contributed by atoms with van der Waals surface area (Å²) < 4.78 is 5.45. The Morgan fingerprint density at radius 2 is 2.17 bits per heavy atom. The summed E-state index contributed by atoms with van der Waals surface area (Å²) in [6.07, 6.45) is 3.77. The van der Waals surface area contributed by atoms with Crippen molar-refractivity contribution in [2.45, 2.75) is 38.0 Å². The molecule has 0 unspecified atom stereocenters. The molecule has 1 aliphatic carbocycles. The molecular formula is C15H19NO2. The third-order valence-corrected chi connectivity index (χ3v) is 3.76. The van der Waals surface area contributed by atoms with Gasteiger partial charge < -0.3 is 4.74 Å². The number of aliphatic imine (C=N–C) groups is 1. The van der Waals surface area contributed by atoms with Gasteiger partial charge in [-0.05, 0) is 30.4 Å². The molecule has 0 N–H and O–H groups in total. The maximum Gasteiger partial charge on any atom is 0.234 e. The van der Waals surface area contributed by atoms with E-state index in [1.54, 1.807) is 13.2 Å². The molecule has 1 aromatic carbocycles. The van der Waals surface area contributed by atoms with E-state index in [2.05, 4.69) is 31.0 Å². The quantitative estimate of drug-likeness (QED) is 0.590. The first-order valence-corrected chi connectivity index (χ1v) is 6.35. The molecule has 0 radical (unpaired) electrons. The van der Waals surface area contributed by atoms with Crippen molar-refractivity contribution in [1.29, 1.82) is 0 Å². The molecule has 1 aromatic rings. The van der Waals surface area contributed by atoms with E-state index in [4.69, 9.17) is 4.74 Å². The summed E-state index contributed by atoms with van der Waals surface area (Å²) in [6, 6.07) is 6.33. The number of carbonyl (C=O) groups excluding carboxylic acids is 1. The van der Waals surface area contributed by atoms with Crippen LogP contribution in [0.15, 0.2) is 23.2 Å². The zero-order valence-electron chi connectivity index (χ0n) is 11.2. The minimum atomic E-state index is 0.00759. The average molecular weight is 245 g/mol. The van der Waals surface area contributed by atoms with Crippen molar-refractivity contribution in [3.63, 3.8) is 0 Å². The number of benzene rings is 1. The maximum absolute atomic E-state index is 10.3. The SMILES string of the molecule is COc1ccc(C(C)C)cc1C1(CN=C=O)CC1. The lowest BCUT2D eigenvalue weighted by Crippen LogP contribution is -2.13. The van der Waals surface area contributed by atoms with E-state index in [0.717, 1.165) is 18.6 Å². The van der Waals surface area contributed by atoms with Crippen LogP contribution >= 0.6 is 0 Å². The number of isocyanates is 1. The van der Waals surface area contributed by atoms with Gasteiger partial charge in [-0.15, -0.1) is 0 Å². The summed E-state index contributed by atoms with van der Waals surface area (Å²) >= 11 is 0. The summed E-state index contributed by atoms with van der Waals surface area (Å²) in [6.45, 7) is 4.87. The van der Waals surface area contributed by atoms with Crippen molar-refractivity contribution in [2.24, 2.45) is 4.99 Å². The molecule has 2 rings (SSSR count). The summed E-state index contributed by atoms with van der Waals surface area (Å²) in [4.78, 5) is 14.1. The molecule has 1 saturated carbocycles. The normalized spacial score (nSPS) is 16.2. The minimum absolute atomic E-state index is 0.00759. The van der Waals surface area contributed by atoms with Crippen LogP contribution in [0.25, 0.3) is 0 Å². The van der Waals surface area contributed by atoms with Crippen molar-refractivity contribution in [1.82, 2.24) is 0 Å². The Labute approximate surface area is 108 Å². The van der Waals surface area contributed by atoms with Gasteiger partial charge in [-0.2, -0.15) is 0 Å². The first-order valence-electron chi connectivity index (χ1n) is 6.35. The Morgan fingerprint density at radius 1 is 1.44 bits per heavy atom. The van der Waals surface area contributed by atoms with Crippen LogP contribution in [0.1, 0.15) is 43.7 Å². The van der Waals surface area contributed by atoms with Crippen LogP contribution in [0.4, 0.5) is 0 Å². The fourth-order valence-electron chi connectivity index (χ4n) is 2.35. The lowest BCUT2D eigenvalue weighted by molar-refractivity contribution is 0.404. The molecule has 0 spiro atoms. The summed E-state index contributed by atoms with van der Waals surface area (Å²) in [5.74, 6) is 1.39. The van der Waals surface area contributed by atoms with Gasteiger partial charge in [-0.3, -0.25) is 0 Å². The Morgan fingerprint density at radius 3 is 2.67 bits per heavy atom. The molecule has 3 heteroatoms. The first-order chi connectivity index (χ1) is 8.63. The van der Waals surface area contributed by atoms with Crippen molar-refractivity contribution >= 4 is 6.08 Å². The lowest BCUT2D eigenvalue weighted by Gasteiger charge is -2.18. The third-order valence-electron chi connectivity index (χ3n) is 3.76. The van der Waals surface area contributed by atoms with Crippen LogP contribution in [0, 0.1) is 0 Å². The minimum Gasteiger partial charge on any atom is -0.496 e. The van der Waals surface area contributed by atoms with Gasteiger partial charge in [0.25, 0.3) is 0 Å². The van der Waals surface area contributed by atoms with Gasteiger partial charge in [0.1, 0.15) is 5.75 Å². The average Bonchev–Trinajstić information content (AvgIpc) is 3.16. The fourth-order valence-corrected chi connectivity index (χ4v) is 2.35. The van der Waals surface area contributed by atoms with Crippen LogP contribution in [-0.4, -0.2) is 19.7 Å². The van der Waals surface area contributed by atoms with Crippen molar-refractivity contribution in [3.05, 3.63) is 29.3 Å². The Kier molecular flexibility index (Phi) is 3.53. The molecule has 0 amide bonds. The van der Waals surface area contributed by atoms with Gasteiger partial charge in [-0.1, -0.05) is 26.0 Å². The van der Waals surface area contributed by atoms with Crippen LogP contribution in [0.3, 0.4) is 0 Å². The van der Waals surface area contributed by atoms with Crippen LogP contribution in [-0.2, 0) is 10.2 Å². The molecule has 96 valence electrons. The van der Waals surface area contributed by atoms with Crippen LogP contribution in [0.2, 0.25) is 0 Å². The summed E-state index contributed by atoms with van der Waals surface area (Å²) in [5.41, 5.74) is 2.50. The molecule has 0 atom stereocenters. The first kappa shape index (κ1) is 12.8. The molecule has 1 aliphatic rings. The lowest BCUT2D eigenvalue weighted by atomic mass is 9.90. The van der Waals surface area contributed by atoms with E-state index >= 15 is 0 Å². The highest BCUT2D eigenvalue weighted by Gasteiger charge is 2.46. The number of hydrogen-bond donors (Lipinski definition) is 0. The molecule has 0 bridgehead atoms. The topological polar surface area (TPSA) is 38.7 Å². The van der Waals surface area contributed by atoms with E-state index in [-0.39, 0.29) is 5.41 Å². The fraction of sp³-hybridized carbons (Fsp3) is 0.533. The zero-order valence-corrected chi connectivity index (χ0v) is 11.2. The van der Waals surface area contributed by atoms with Gasteiger partial charge in [0.2, 0.25) is 6.08 Å². The Bertz CT molecular complexity index is 483. The number of hydrogen-bond acceptors (Lipinski definition) is 3. The highest BCUT2D eigenvalue weighted by molar-refractivity contribution is 5.47. The highest BCUT2D eigenvalue weighted by Crippen LogP contribution is 2.52. The molecule has 0 aromatic heterocycles.